The molecule has 4 rings (SSSR count). The lowest BCUT2D eigenvalue weighted by Crippen LogP contribution is -2.38. The largest absolute Gasteiger partial charge is 0.291 e. The van der Waals surface area contributed by atoms with Gasteiger partial charge in [-0.1, -0.05) is 35.6 Å². The molecule has 0 fully saturated rings. The number of thiazole rings is 2. The van der Waals surface area contributed by atoms with Crippen LogP contribution in [0, 0.1) is 0 Å². The van der Waals surface area contributed by atoms with Gasteiger partial charge < -0.3 is 0 Å². The van der Waals surface area contributed by atoms with Gasteiger partial charge in [-0.15, -0.1) is 11.3 Å². The van der Waals surface area contributed by atoms with Crippen LogP contribution in [0.2, 0.25) is 0 Å². The third-order valence-electron chi connectivity index (χ3n) is 4.28. The zero-order chi connectivity index (χ0) is 18.8. The van der Waals surface area contributed by atoms with Crippen LogP contribution in [0.15, 0.2) is 48.5 Å². The minimum Gasteiger partial charge on any atom is -0.291 e. The first-order valence-corrected chi connectivity index (χ1v) is 10.5. The predicted molar refractivity (Wildman–Crippen MR) is 114 cm³/mol. The summed E-state index contributed by atoms with van der Waals surface area (Å²) in [7, 11) is 1.95. The number of fused-ring (bicyclic) bond motifs is 2. The Morgan fingerprint density at radius 1 is 0.963 bits per heavy atom. The van der Waals surface area contributed by atoms with Crippen molar-refractivity contribution in [2.24, 2.45) is 0 Å². The number of carbonyl (C=O) groups excluding carboxylic acids is 1. The molecule has 0 atom stereocenters. The van der Waals surface area contributed by atoms with Crippen molar-refractivity contribution in [1.82, 2.24) is 14.9 Å². The van der Waals surface area contributed by atoms with Crippen molar-refractivity contribution in [3.8, 4) is 0 Å². The van der Waals surface area contributed by atoms with E-state index in [1.54, 1.807) is 27.6 Å². The number of para-hydroxylation sites is 2. The summed E-state index contributed by atoms with van der Waals surface area (Å²) in [5, 5.41) is 1.78. The van der Waals surface area contributed by atoms with E-state index in [4.69, 9.17) is 0 Å². The second-order valence-electron chi connectivity index (χ2n) is 6.35. The Morgan fingerprint density at radius 3 is 2.22 bits per heavy atom. The van der Waals surface area contributed by atoms with Crippen LogP contribution in [-0.2, 0) is 11.3 Å². The first-order valence-electron chi connectivity index (χ1n) is 8.83. The van der Waals surface area contributed by atoms with E-state index < -0.39 is 0 Å². The van der Waals surface area contributed by atoms with Crippen molar-refractivity contribution in [2.45, 2.75) is 13.5 Å². The van der Waals surface area contributed by atoms with Gasteiger partial charge in [0.1, 0.15) is 5.01 Å². The fourth-order valence-electron chi connectivity index (χ4n) is 2.98. The number of hydrogen-bond acceptors (Lipinski definition) is 6. The van der Waals surface area contributed by atoms with E-state index >= 15 is 0 Å². The number of anilines is 1. The van der Waals surface area contributed by atoms with Gasteiger partial charge in [0.2, 0.25) is 5.91 Å². The molecule has 2 heterocycles. The highest BCUT2D eigenvalue weighted by Gasteiger charge is 2.20. The van der Waals surface area contributed by atoms with Crippen molar-refractivity contribution in [1.29, 1.82) is 0 Å². The summed E-state index contributed by atoms with van der Waals surface area (Å²) >= 11 is 3.24. The van der Waals surface area contributed by atoms with E-state index in [0.717, 1.165) is 25.9 Å². The highest BCUT2D eigenvalue weighted by atomic mass is 32.1. The van der Waals surface area contributed by atoms with Crippen LogP contribution in [0.1, 0.15) is 11.9 Å². The van der Waals surface area contributed by atoms with Crippen molar-refractivity contribution in [3.05, 3.63) is 53.5 Å². The number of hydrogen-bond donors (Lipinski definition) is 0. The molecule has 0 aliphatic heterocycles. The molecule has 0 aliphatic carbocycles. The van der Waals surface area contributed by atoms with Crippen LogP contribution in [0.3, 0.4) is 0 Å². The lowest BCUT2D eigenvalue weighted by molar-refractivity contribution is -0.119. The molecule has 1 amide bonds. The molecule has 27 heavy (non-hydrogen) atoms. The highest BCUT2D eigenvalue weighted by Crippen LogP contribution is 2.28. The van der Waals surface area contributed by atoms with Crippen LogP contribution in [0.25, 0.3) is 20.4 Å². The van der Waals surface area contributed by atoms with Gasteiger partial charge in [-0.3, -0.25) is 14.6 Å². The second kappa shape index (κ2) is 7.72. The molecule has 0 bridgehead atoms. The third-order valence-corrected chi connectivity index (χ3v) is 6.36. The zero-order valence-electron chi connectivity index (χ0n) is 15.3. The van der Waals surface area contributed by atoms with E-state index in [9.17, 15) is 4.79 Å². The summed E-state index contributed by atoms with van der Waals surface area (Å²) in [6.45, 7) is 3.58. The van der Waals surface area contributed by atoms with Gasteiger partial charge in [0, 0.05) is 6.54 Å². The minimum atomic E-state index is 0.0557. The maximum Gasteiger partial charge on any atom is 0.242 e. The number of carbonyl (C=O) groups is 1. The van der Waals surface area contributed by atoms with Gasteiger partial charge in [-0.2, -0.15) is 0 Å². The third kappa shape index (κ3) is 3.85. The fraction of sp³-hybridized carbons (Fsp3) is 0.250. The van der Waals surface area contributed by atoms with Crippen LogP contribution in [0.4, 0.5) is 5.13 Å². The SMILES string of the molecule is CCN(C(=O)CN(C)Cc1nc2ccccc2s1)c1nc2ccccc2s1. The average Bonchev–Trinajstić information content (AvgIpc) is 3.24. The summed E-state index contributed by atoms with van der Waals surface area (Å²) in [6, 6.07) is 16.1. The van der Waals surface area contributed by atoms with Gasteiger partial charge >= 0.3 is 0 Å². The Hall–Kier alpha value is -2.35. The Morgan fingerprint density at radius 2 is 1.59 bits per heavy atom. The standard InChI is InChI=1S/C20H20N4OS2/c1-3-24(20-22-15-9-5-7-11-17(15)27-20)19(25)13-23(2)12-18-21-14-8-4-6-10-16(14)26-18/h4-11H,3,12-13H2,1-2H3. The molecule has 7 heteroatoms. The number of amides is 1. The first kappa shape index (κ1) is 18.0. The van der Waals surface area contributed by atoms with Crippen LogP contribution in [-0.4, -0.2) is 40.9 Å². The second-order valence-corrected chi connectivity index (χ2v) is 8.47. The predicted octanol–water partition coefficient (Wildman–Crippen LogP) is 4.39. The zero-order valence-corrected chi connectivity index (χ0v) is 16.9. The van der Waals surface area contributed by atoms with Crippen LogP contribution < -0.4 is 4.90 Å². The monoisotopic (exact) mass is 396 g/mol. The Kier molecular flexibility index (Phi) is 5.15. The van der Waals surface area contributed by atoms with Gasteiger partial charge in [0.05, 0.1) is 33.5 Å². The number of rotatable bonds is 6. The molecule has 0 saturated heterocycles. The maximum atomic E-state index is 12.9. The molecule has 0 unspecified atom stereocenters. The van der Waals surface area contributed by atoms with Crippen molar-refractivity contribution < 1.29 is 4.79 Å². The van der Waals surface area contributed by atoms with E-state index in [1.807, 2.05) is 61.3 Å². The number of nitrogens with zero attached hydrogens (tertiary/aromatic N) is 4. The van der Waals surface area contributed by atoms with Gasteiger partial charge in [-0.25, -0.2) is 9.97 Å². The molecule has 138 valence electrons. The molecular weight excluding hydrogens is 376 g/mol. The average molecular weight is 397 g/mol. The van der Waals surface area contributed by atoms with E-state index in [2.05, 4.69) is 16.0 Å². The molecular formula is C20H20N4OS2. The molecule has 4 aromatic rings. The normalized spacial score (nSPS) is 11.5. The van der Waals surface area contributed by atoms with E-state index in [0.29, 0.717) is 19.6 Å². The molecule has 2 aromatic heterocycles. The Labute approximate surface area is 165 Å². The van der Waals surface area contributed by atoms with Gasteiger partial charge in [0.25, 0.3) is 0 Å². The Balaban J connectivity index is 1.45. The number of benzene rings is 2. The van der Waals surface area contributed by atoms with Gasteiger partial charge in [-0.05, 0) is 38.2 Å². The summed E-state index contributed by atoms with van der Waals surface area (Å²) in [4.78, 5) is 25.9. The first-order chi connectivity index (χ1) is 13.1. The molecule has 0 spiro atoms. The van der Waals surface area contributed by atoms with E-state index in [1.165, 1.54) is 4.70 Å². The molecule has 0 saturated carbocycles. The molecule has 0 aliphatic rings. The fourth-order valence-corrected chi connectivity index (χ4v) is 5.08. The molecule has 2 aromatic carbocycles. The minimum absolute atomic E-state index is 0.0557. The molecule has 5 nitrogen and oxygen atoms in total. The maximum absolute atomic E-state index is 12.9. The van der Waals surface area contributed by atoms with Crippen molar-refractivity contribution in [3.63, 3.8) is 0 Å². The number of likely N-dealkylation sites (N-methyl/N-ethyl adjacent to an activating group) is 2. The van der Waals surface area contributed by atoms with Crippen molar-refractivity contribution >= 4 is 54.1 Å². The lowest BCUT2D eigenvalue weighted by Gasteiger charge is -2.21. The van der Waals surface area contributed by atoms with Crippen LogP contribution in [0.5, 0.6) is 0 Å². The topological polar surface area (TPSA) is 49.3 Å². The summed E-state index contributed by atoms with van der Waals surface area (Å²) in [6.07, 6.45) is 0. The molecule has 0 N–H and O–H groups in total. The van der Waals surface area contributed by atoms with Gasteiger partial charge in [0.15, 0.2) is 5.13 Å². The quantitative estimate of drug-likeness (QED) is 0.485. The smallest absolute Gasteiger partial charge is 0.242 e. The lowest BCUT2D eigenvalue weighted by atomic mass is 10.3. The summed E-state index contributed by atoms with van der Waals surface area (Å²) in [5.41, 5.74) is 1.95. The Bertz CT molecular complexity index is 1020. The number of aromatic nitrogens is 2. The molecule has 0 radical (unpaired) electrons. The van der Waals surface area contributed by atoms with Crippen LogP contribution >= 0.6 is 22.7 Å². The van der Waals surface area contributed by atoms with Crippen molar-refractivity contribution in [2.75, 3.05) is 25.0 Å². The summed E-state index contributed by atoms with van der Waals surface area (Å²) in [5.74, 6) is 0.0557. The summed E-state index contributed by atoms with van der Waals surface area (Å²) < 4.78 is 2.28. The van der Waals surface area contributed by atoms with E-state index in [-0.39, 0.29) is 5.91 Å². The highest BCUT2D eigenvalue weighted by molar-refractivity contribution is 7.22.